The zero-order chi connectivity index (χ0) is 12.7. The van der Waals surface area contributed by atoms with Crippen molar-refractivity contribution in [2.75, 3.05) is 6.61 Å². The Bertz CT molecular complexity index is 384. The van der Waals surface area contributed by atoms with E-state index < -0.39 is 12.1 Å². The van der Waals surface area contributed by atoms with Crippen molar-refractivity contribution in [3.05, 3.63) is 42.0 Å². The molecule has 4 nitrogen and oxygen atoms in total. The molecule has 1 atom stereocenters. The van der Waals surface area contributed by atoms with Crippen LogP contribution in [0.25, 0.3) is 0 Å². The molecule has 0 bridgehead atoms. The Balaban J connectivity index is 2.40. The molecule has 4 heteroatoms. The highest BCUT2D eigenvalue weighted by atomic mass is 16.5. The third kappa shape index (κ3) is 4.70. The smallest absolute Gasteiger partial charge is 0.331 e. The van der Waals surface area contributed by atoms with Gasteiger partial charge in [0.15, 0.2) is 0 Å². The van der Waals surface area contributed by atoms with E-state index in [2.05, 4.69) is 0 Å². The topological polar surface area (TPSA) is 66.8 Å². The summed E-state index contributed by atoms with van der Waals surface area (Å²) < 4.78 is 5.32. The van der Waals surface area contributed by atoms with Gasteiger partial charge in [-0.2, -0.15) is 0 Å². The zero-order valence-electron chi connectivity index (χ0n) is 9.67. The van der Waals surface area contributed by atoms with Crippen molar-refractivity contribution < 1.29 is 19.7 Å². The maximum absolute atomic E-state index is 10.7. The van der Waals surface area contributed by atoms with Crippen LogP contribution in [0.15, 0.2) is 42.0 Å². The molecule has 0 fully saturated rings. The van der Waals surface area contributed by atoms with E-state index in [1.165, 1.54) is 6.08 Å². The van der Waals surface area contributed by atoms with Gasteiger partial charge in [-0.1, -0.05) is 24.3 Å². The minimum absolute atomic E-state index is 0.0780. The van der Waals surface area contributed by atoms with E-state index in [1.807, 2.05) is 18.2 Å². The van der Waals surface area contributed by atoms with Crippen LogP contribution >= 0.6 is 0 Å². The van der Waals surface area contributed by atoms with Gasteiger partial charge in [-0.3, -0.25) is 0 Å². The van der Waals surface area contributed by atoms with E-state index in [9.17, 15) is 9.90 Å². The first kappa shape index (κ1) is 13.3. The van der Waals surface area contributed by atoms with Gasteiger partial charge in [0.1, 0.15) is 12.4 Å². The molecular formula is C13H16O4. The first-order valence-corrected chi connectivity index (χ1v) is 5.38. The van der Waals surface area contributed by atoms with Crippen LogP contribution in [0, 0.1) is 0 Å². The fourth-order valence-corrected chi connectivity index (χ4v) is 1.35. The van der Waals surface area contributed by atoms with E-state index in [0.29, 0.717) is 5.75 Å². The molecule has 0 aromatic heterocycles. The van der Waals surface area contributed by atoms with Gasteiger partial charge >= 0.3 is 5.97 Å². The summed E-state index contributed by atoms with van der Waals surface area (Å²) in [5.74, 6) is -0.352. The van der Waals surface area contributed by atoms with Crippen LogP contribution < -0.4 is 4.74 Å². The first-order valence-electron chi connectivity index (χ1n) is 5.38. The quantitative estimate of drug-likeness (QED) is 0.740. The molecule has 1 aromatic carbocycles. The Hall–Kier alpha value is -1.81. The molecule has 92 valence electrons. The SMILES string of the molecule is CC=C(CC(O)COc1ccccc1)C(=O)O. The fourth-order valence-electron chi connectivity index (χ4n) is 1.35. The molecule has 0 aliphatic carbocycles. The summed E-state index contributed by atoms with van der Waals surface area (Å²) in [5.41, 5.74) is 0.189. The van der Waals surface area contributed by atoms with Crippen molar-refractivity contribution in [1.82, 2.24) is 0 Å². The fraction of sp³-hybridized carbons (Fsp3) is 0.308. The molecule has 0 heterocycles. The number of benzene rings is 1. The minimum Gasteiger partial charge on any atom is -0.491 e. The molecule has 0 saturated heterocycles. The summed E-state index contributed by atoms with van der Waals surface area (Å²) in [7, 11) is 0. The molecule has 0 saturated carbocycles. The summed E-state index contributed by atoms with van der Waals surface area (Å²) in [4.78, 5) is 10.7. The van der Waals surface area contributed by atoms with Crippen molar-refractivity contribution in [1.29, 1.82) is 0 Å². The third-order valence-corrected chi connectivity index (χ3v) is 2.26. The maximum Gasteiger partial charge on any atom is 0.331 e. The molecule has 0 radical (unpaired) electrons. The average Bonchev–Trinajstić information content (AvgIpc) is 2.34. The zero-order valence-corrected chi connectivity index (χ0v) is 9.67. The number of allylic oxidation sites excluding steroid dienone is 1. The Morgan fingerprint density at radius 2 is 2.06 bits per heavy atom. The monoisotopic (exact) mass is 236 g/mol. The molecular weight excluding hydrogens is 220 g/mol. The highest BCUT2D eigenvalue weighted by molar-refractivity contribution is 5.86. The number of ether oxygens (including phenoxy) is 1. The minimum atomic E-state index is -1.01. The lowest BCUT2D eigenvalue weighted by Gasteiger charge is -2.12. The second-order valence-corrected chi connectivity index (χ2v) is 3.60. The van der Waals surface area contributed by atoms with Crippen molar-refractivity contribution in [2.24, 2.45) is 0 Å². The average molecular weight is 236 g/mol. The lowest BCUT2D eigenvalue weighted by molar-refractivity contribution is -0.133. The maximum atomic E-state index is 10.7. The number of aliphatic hydroxyl groups excluding tert-OH is 1. The number of hydrogen-bond donors (Lipinski definition) is 2. The summed E-state index contributed by atoms with van der Waals surface area (Å²) in [6.07, 6.45) is 0.740. The molecule has 2 N–H and O–H groups in total. The van der Waals surface area contributed by atoms with E-state index >= 15 is 0 Å². The lowest BCUT2D eigenvalue weighted by atomic mass is 10.1. The molecule has 1 aromatic rings. The second kappa shape index (κ2) is 6.70. The normalized spacial score (nSPS) is 13.2. The van der Waals surface area contributed by atoms with E-state index in [-0.39, 0.29) is 18.6 Å². The summed E-state index contributed by atoms with van der Waals surface area (Å²) in [5, 5.41) is 18.4. The van der Waals surface area contributed by atoms with Gasteiger partial charge in [-0.15, -0.1) is 0 Å². The van der Waals surface area contributed by atoms with Gasteiger partial charge in [0, 0.05) is 12.0 Å². The van der Waals surface area contributed by atoms with E-state index in [0.717, 1.165) is 0 Å². The van der Waals surface area contributed by atoms with E-state index in [4.69, 9.17) is 9.84 Å². The van der Waals surface area contributed by atoms with Crippen molar-refractivity contribution >= 4 is 5.97 Å². The predicted octanol–water partition coefficient (Wildman–Crippen LogP) is 1.85. The van der Waals surface area contributed by atoms with Crippen LogP contribution in [-0.4, -0.2) is 28.9 Å². The Morgan fingerprint density at radius 3 is 2.59 bits per heavy atom. The summed E-state index contributed by atoms with van der Waals surface area (Å²) >= 11 is 0. The van der Waals surface area contributed by atoms with Gasteiger partial charge in [0.2, 0.25) is 0 Å². The molecule has 0 amide bonds. The molecule has 1 rings (SSSR count). The van der Waals surface area contributed by atoms with E-state index in [1.54, 1.807) is 19.1 Å². The number of hydrogen-bond acceptors (Lipinski definition) is 3. The largest absolute Gasteiger partial charge is 0.491 e. The van der Waals surface area contributed by atoms with Crippen LogP contribution in [0.4, 0.5) is 0 Å². The number of para-hydroxylation sites is 1. The van der Waals surface area contributed by atoms with Gasteiger partial charge in [0.25, 0.3) is 0 Å². The van der Waals surface area contributed by atoms with Gasteiger partial charge < -0.3 is 14.9 Å². The summed E-state index contributed by atoms with van der Waals surface area (Å²) in [6, 6.07) is 9.08. The van der Waals surface area contributed by atoms with Gasteiger partial charge in [-0.25, -0.2) is 4.79 Å². The standard InChI is InChI=1S/C13H16O4/c1-2-10(13(15)16)8-11(14)9-17-12-6-4-3-5-7-12/h2-7,11,14H,8-9H2,1H3,(H,15,16). The van der Waals surface area contributed by atoms with Crippen molar-refractivity contribution in [3.63, 3.8) is 0 Å². The van der Waals surface area contributed by atoms with Crippen molar-refractivity contribution in [3.8, 4) is 5.75 Å². The van der Waals surface area contributed by atoms with Gasteiger partial charge in [-0.05, 0) is 19.1 Å². The van der Waals surface area contributed by atoms with Crippen LogP contribution in [0.3, 0.4) is 0 Å². The number of carboxylic acids is 1. The highest BCUT2D eigenvalue weighted by Gasteiger charge is 2.13. The Kier molecular flexibility index (Phi) is 5.23. The van der Waals surface area contributed by atoms with Crippen LogP contribution in [0.2, 0.25) is 0 Å². The van der Waals surface area contributed by atoms with Gasteiger partial charge in [0.05, 0.1) is 6.10 Å². The second-order valence-electron chi connectivity index (χ2n) is 3.60. The Morgan fingerprint density at radius 1 is 1.41 bits per heavy atom. The molecule has 0 aliphatic heterocycles. The molecule has 17 heavy (non-hydrogen) atoms. The third-order valence-electron chi connectivity index (χ3n) is 2.26. The summed E-state index contributed by atoms with van der Waals surface area (Å²) in [6.45, 7) is 1.71. The highest BCUT2D eigenvalue weighted by Crippen LogP contribution is 2.11. The van der Waals surface area contributed by atoms with Crippen molar-refractivity contribution in [2.45, 2.75) is 19.4 Å². The first-order chi connectivity index (χ1) is 8.13. The number of aliphatic carboxylic acids is 1. The number of rotatable bonds is 6. The Labute approximate surface area is 100 Å². The number of carboxylic acid groups (broad SMARTS) is 1. The molecule has 1 unspecified atom stereocenters. The molecule has 0 aliphatic rings. The number of aliphatic hydroxyl groups is 1. The molecule has 0 spiro atoms. The van der Waals surface area contributed by atoms with Crippen LogP contribution in [0.1, 0.15) is 13.3 Å². The van der Waals surface area contributed by atoms with Crippen LogP contribution in [0.5, 0.6) is 5.75 Å². The van der Waals surface area contributed by atoms with Crippen LogP contribution in [-0.2, 0) is 4.79 Å². The predicted molar refractivity (Wildman–Crippen MR) is 64.0 cm³/mol. The number of carbonyl (C=O) groups is 1. The lowest BCUT2D eigenvalue weighted by Crippen LogP contribution is -2.20.